The molecule has 0 bridgehead atoms. The predicted molar refractivity (Wildman–Crippen MR) is 70.8 cm³/mol. The van der Waals surface area contributed by atoms with Crippen LogP contribution in [0.2, 0.25) is 0 Å². The van der Waals surface area contributed by atoms with Crippen molar-refractivity contribution in [3.63, 3.8) is 0 Å². The summed E-state index contributed by atoms with van der Waals surface area (Å²) in [4.78, 5) is 2.66. The van der Waals surface area contributed by atoms with Gasteiger partial charge in [-0.3, -0.25) is 4.90 Å². The van der Waals surface area contributed by atoms with E-state index in [-0.39, 0.29) is 0 Å². The molecule has 0 spiro atoms. The molecule has 1 aliphatic heterocycles. The monoisotopic (exact) mass is 230 g/mol. The Morgan fingerprint density at radius 2 is 2.20 bits per heavy atom. The Balaban J connectivity index is 1.94. The van der Waals surface area contributed by atoms with E-state index in [1.165, 1.54) is 50.4 Å². The molecule has 1 rings (SSSR count). The number of rotatable bonds is 7. The fourth-order valence-corrected chi connectivity index (χ4v) is 3.09. The summed E-state index contributed by atoms with van der Waals surface area (Å²) < 4.78 is 0. The van der Waals surface area contributed by atoms with Gasteiger partial charge in [-0.15, -0.1) is 0 Å². The fourth-order valence-electron chi connectivity index (χ4n) is 2.01. The molecule has 1 saturated heterocycles. The van der Waals surface area contributed by atoms with E-state index in [4.69, 9.17) is 0 Å². The molecule has 0 aromatic heterocycles. The van der Waals surface area contributed by atoms with Gasteiger partial charge >= 0.3 is 0 Å². The highest BCUT2D eigenvalue weighted by atomic mass is 32.2. The van der Waals surface area contributed by atoms with E-state index in [0.717, 1.165) is 12.6 Å². The summed E-state index contributed by atoms with van der Waals surface area (Å²) in [6, 6.07) is 0.803. The predicted octanol–water partition coefficient (Wildman–Crippen LogP) is 2.20. The van der Waals surface area contributed by atoms with Crippen LogP contribution in [0.15, 0.2) is 0 Å². The van der Waals surface area contributed by atoms with Crippen LogP contribution in [0.3, 0.4) is 0 Å². The SMILES string of the molecule is CCNCCCCCN1CCSCC1C. The molecule has 0 radical (unpaired) electrons. The van der Waals surface area contributed by atoms with Gasteiger partial charge in [0.25, 0.3) is 0 Å². The Bertz CT molecular complexity index is 153. The minimum Gasteiger partial charge on any atom is -0.317 e. The molecule has 1 heterocycles. The lowest BCUT2D eigenvalue weighted by atomic mass is 10.2. The van der Waals surface area contributed by atoms with Crippen molar-refractivity contribution in [1.29, 1.82) is 0 Å². The lowest BCUT2D eigenvalue weighted by Gasteiger charge is -2.32. The molecule has 90 valence electrons. The summed E-state index contributed by atoms with van der Waals surface area (Å²) in [6.45, 7) is 9.47. The van der Waals surface area contributed by atoms with Gasteiger partial charge in [0.2, 0.25) is 0 Å². The summed E-state index contributed by atoms with van der Waals surface area (Å²) in [5.41, 5.74) is 0. The molecular weight excluding hydrogens is 204 g/mol. The van der Waals surface area contributed by atoms with Gasteiger partial charge < -0.3 is 5.32 Å². The second kappa shape index (κ2) is 8.43. The third-order valence-corrected chi connectivity index (χ3v) is 4.24. The number of hydrogen-bond acceptors (Lipinski definition) is 3. The zero-order valence-corrected chi connectivity index (χ0v) is 11.1. The van der Waals surface area contributed by atoms with E-state index >= 15 is 0 Å². The molecule has 1 aliphatic rings. The highest BCUT2D eigenvalue weighted by molar-refractivity contribution is 7.99. The van der Waals surface area contributed by atoms with E-state index in [0.29, 0.717) is 0 Å². The molecule has 2 nitrogen and oxygen atoms in total. The maximum Gasteiger partial charge on any atom is 0.0158 e. The first-order valence-electron chi connectivity index (χ1n) is 6.37. The van der Waals surface area contributed by atoms with Crippen LogP contribution in [0.4, 0.5) is 0 Å². The summed E-state index contributed by atoms with van der Waals surface area (Å²) in [5, 5.41) is 3.38. The zero-order valence-electron chi connectivity index (χ0n) is 10.3. The molecular formula is C12H26N2S. The molecule has 0 aromatic rings. The molecule has 15 heavy (non-hydrogen) atoms. The van der Waals surface area contributed by atoms with Crippen LogP contribution < -0.4 is 5.32 Å². The summed E-state index contributed by atoms with van der Waals surface area (Å²) in [5.74, 6) is 2.67. The number of thioether (sulfide) groups is 1. The fraction of sp³-hybridized carbons (Fsp3) is 1.00. The van der Waals surface area contributed by atoms with Crippen LogP contribution in [0.1, 0.15) is 33.1 Å². The molecule has 3 heteroatoms. The smallest absolute Gasteiger partial charge is 0.0158 e. The maximum absolute atomic E-state index is 3.38. The Hall–Kier alpha value is 0.270. The van der Waals surface area contributed by atoms with Gasteiger partial charge in [-0.25, -0.2) is 0 Å². The molecule has 0 saturated carbocycles. The minimum atomic E-state index is 0.803. The van der Waals surface area contributed by atoms with Crippen LogP contribution in [0, 0.1) is 0 Å². The molecule has 1 unspecified atom stereocenters. The third kappa shape index (κ3) is 5.79. The molecule has 1 fully saturated rings. The lowest BCUT2D eigenvalue weighted by Crippen LogP contribution is -2.40. The standard InChI is InChI=1S/C12H26N2S/c1-3-13-7-5-4-6-8-14-9-10-15-11-12(14)2/h12-13H,3-11H2,1-2H3. The average molecular weight is 230 g/mol. The largest absolute Gasteiger partial charge is 0.317 e. The quantitative estimate of drug-likeness (QED) is 0.675. The molecule has 0 amide bonds. The van der Waals surface area contributed by atoms with Crippen molar-refractivity contribution >= 4 is 11.8 Å². The van der Waals surface area contributed by atoms with E-state index in [1.807, 2.05) is 0 Å². The van der Waals surface area contributed by atoms with E-state index in [9.17, 15) is 0 Å². The van der Waals surface area contributed by atoms with Gasteiger partial charge in [-0.05, 0) is 39.4 Å². The van der Waals surface area contributed by atoms with Crippen LogP contribution >= 0.6 is 11.8 Å². The van der Waals surface area contributed by atoms with Crippen molar-refractivity contribution < 1.29 is 0 Å². The van der Waals surface area contributed by atoms with Gasteiger partial charge in [0.15, 0.2) is 0 Å². The number of unbranched alkanes of at least 4 members (excludes halogenated alkanes) is 2. The first kappa shape index (κ1) is 13.3. The van der Waals surface area contributed by atoms with Gasteiger partial charge in [-0.2, -0.15) is 11.8 Å². The second-order valence-electron chi connectivity index (χ2n) is 4.37. The van der Waals surface area contributed by atoms with E-state index in [1.54, 1.807) is 0 Å². The van der Waals surface area contributed by atoms with Crippen LogP contribution in [0.5, 0.6) is 0 Å². The first-order chi connectivity index (χ1) is 7.34. The number of nitrogens with zero attached hydrogens (tertiary/aromatic N) is 1. The lowest BCUT2D eigenvalue weighted by molar-refractivity contribution is 0.227. The molecule has 0 aromatic carbocycles. The first-order valence-corrected chi connectivity index (χ1v) is 7.52. The highest BCUT2D eigenvalue weighted by Crippen LogP contribution is 2.16. The highest BCUT2D eigenvalue weighted by Gasteiger charge is 2.17. The Morgan fingerprint density at radius 3 is 2.93 bits per heavy atom. The van der Waals surface area contributed by atoms with Crippen molar-refractivity contribution in [2.75, 3.05) is 37.7 Å². The van der Waals surface area contributed by atoms with Crippen molar-refractivity contribution in [1.82, 2.24) is 10.2 Å². The number of nitrogens with one attached hydrogen (secondary N) is 1. The van der Waals surface area contributed by atoms with E-state index in [2.05, 4.69) is 35.8 Å². The maximum atomic E-state index is 3.38. The summed E-state index contributed by atoms with van der Waals surface area (Å²) >= 11 is 2.11. The molecule has 1 atom stereocenters. The van der Waals surface area contributed by atoms with Gasteiger partial charge in [0, 0.05) is 24.1 Å². The minimum absolute atomic E-state index is 0.803. The molecule has 1 N–H and O–H groups in total. The van der Waals surface area contributed by atoms with Gasteiger partial charge in [0.1, 0.15) is 0 Å². The third-order valence-electron chi connectivity index (χ3n) is 3.05. The van der Waals surface area contributed by atoms with Crippen molar-refractivity contribution in [3.05, 3.63) is 0 Å². The number of hydrogen-bond donors (Lipinski definition) is 1. The normalized spacial score (nSPS) is 23.2. The van der Waals surface area contributed by atoms with Gasteiger partial charge in [-0.1, -0.05) is 13.3 Å². The second-order valence-corrected chi connectivity index (χ2v) is 5.52. The van der Waals surface area contributed by atoms with Crippen molar-refractivity contribution in [2.24, 2.45) is 0 Å². The zero-order chi connectivity index (χ0) is 10.9. The Labute approximate surface area is 99.2 Å². The Kier molecular flexibility index (Phi) is 7.49. The summed E-state index contributed by atoms with van der Waals surface area (Å²) in [7, 11) is 0. The summed E-state index contributed by atoms with van der Waals surface area (Å²) in [6.07, 6.45) is 4.09. The Morgan fingerprint density at radius 1 is 1.33 bits per heavy atom. The molecule has 0 aliphatic carbocycles. The van der Waals surface area contributed by atoms with Crippen LogP contribution in [-0.2, 0) is 0 Å². The van der Waals surface area contributed by atoms with Crippen molar-refractivity contribution in [2.45, 2.75) is 39.2 Å². The topological polar surface area (TPSA) is 15.3 Å². The van der Waals surface area contributed by atoms with Crippen LogP contribution in [0.25, 0.3) is 0 Å². The van der Waals surface area contributed by atoms with Crippen LogP contribution in [-0.4, -0.2) is 48.6 Å². The van der Waals surface area contributed by atoms with Crippen molar-refractivity contribution in [3.8, 4) is 0 Å². The van der Waals surface area contributed by atoms with Gasteiger partial charge in [0.05, 0.1) is 0 Å². The average Bonchev–Trinajstić information content (AvgIpc) is 2.25. The van der Waals surface area contributed by atoms with E-state index < -0.39 is 0 Å².